The van der Waals surface area contributed by atoms with Gasteiger partial charge in [-0.15, -0.1) is 12.4 Å². The number of rotatable bonds is 5. The standard InChI is InChI=1S/C16H21F3N2O2.ClH/c1-23-11-15(5-7-20-8-6-15)10-21-14(22)12-3-2-4-13(9-12)16(17,18)19;/h2-4,9,20H,5-8,10-11H2,1H3,(H,21,22);1H. The van der Waals surface area contributed by atoms with Gasteiger partial charge in [0, 0.05) is 24.6 Å². The van der Waals surface area contributed by atoms with Crippen molar-refractivity contribution >= 4 is 18.3 Å². The predicted molar refractivity (Wildman–Crippen MR) is 87.4 cm³/mol. The van der Waals surface area contributed by atoms with Crippen LogP contribution >= 0.6 is 12.4 Å². The summed E-state index contributed by atoms with van der Waals surface area (Å²) in [5, 5.41) is 6.01. The average molecular weight is 367 g/mol. The fraction of sp³-hybridized carbons (Fsp3) is 0.562. The van der Waals surface area contributed by atoms with Crippen molar-refractivity contribution in [3.05, 3.63) is 35.4 Å². The summed E-state index contributed by atoms with van der Waals surface area (Å²) in [6.45, 7) is 2.57. The van der Waals surface area contributed by atoms with Gasteiger partial charge in [0.15, 0.2) is 0 Å². The molecule has 0 aliphatic carbocycles. The number of methoxy groups -OCH3 is 1. The maximum Gasteiger partial charge on any atom is 0.416 e. The van der Waals surface area contributed by atoms with E-state index in [0.29, 0.717) is 13.2 Å². The first-order chi connectivity index (χ1) is 10.9. The lowest BCUT2D eigenvalue weighted by atomic mass is 9.79. The average Bonchev–Trinajstić information content (AvgIpc) is 2.53. The molecule has 2 rings (SSSR count). The Bertz CT molecular complexity index is 541. The Hall–Kier alpha value is -1.31. The molecule has 1 fully saturated rings. The minimum atomic E-state index is -4.46. The van der Waals surface area contributed by atoms with Gasteiger partial charge in [0.25, 0.3) is 5.91 Å². The third kappa shape index (κ3) is 5.36. The topological polar surface area (TPSA) is 50.4 Å². The van der Waals surface area contributed by atoms with E-state index >= 15 is 0 Å². The Kier molecular flexibility index (Phi) is 7.51. The van der Waals surface area contributed by atoms with E-state index < -0.39 is 17.6 Å². The molecule has 24 heavy (non-hydrogen) atoms. The van der Waals surface area contributed by atoms with Gasteiger partial charge >= 0.3 is 6.18 Å². The SMILES string of the molecule is COCC1(CNC(=O)c2cccc(C(F)(F)F)c2)CCNCC1.Cl. The van der Waals surface area contributed by atoms with E-state index in [1.807, 2.05) is 0 Å². The number of ether oxygens (including phenoxy) is 1. The molecule has 0 aromatic heterocycles. The van der Waals surface area contributed by atoms with Crippen LogP contribution in [0, 0.1) is 5.41 Å². The first-order valence-corrected chi connectivity index (χ1v) is 7.51. The zero-order chi connectivity index (χ0) is 16.9. The smallest absolute Gasteiger partial charge is 0.384 e. The molecule has 0 radical (unpaired) electrons. The van der Waals surface area contributed by atoms with Gasteiger partial charge < -0.3 is 15.4 Å². The van der Waals surface area contributed by atoms with Gasteiger partial charge in [-0.25, -0.2) is 0 Å². The number of halogens is 4. The van der Waals surface area contributed by atoms with Crippen molar-refractivity contribution in [1.82, 2.24) is 10.6 Å². The number of alkyl halides is 3. The fourth-order valence-electron chi connectivity index (χ4n) is 2.84. The van der Waals surface area contributed by atoms with E-state index in [1.165, 1.54) is 12.1 Å². The van der Waals surface area contributed by atoms with Crippen LogP contribution in [-0.4, -0.2) is 39.3 Å². The molecule has 0 bridgehead atoms. The lowest BCUT2D eigenvalue weighted by Crippen LogP contribution is -2.47. The maximum atomic E-state index is 12.7. The second-order valence-corrected chi connectivity index (χ2v) is 5.94. The number of hydrogen-bond donors (Lipinski definition) is 2. The summed E-state index contributed by atoms with van der Waals surface area (Å²) in [7, 11) is 1.61. The van der Waals surface area contributed by atoms with Gasteiger partial charge in [-0.3, -0.25) is 4.79 Å². The van der Waals surface area contributed by atoms with Crippen molar-refractivity contribution in [3.63, 3.8) is 0 Å². The molecule has 1 aliphatic heterocycles. The van der Waals surface area contributed by atoms with E-state index in [1.54, 1.807) is 7.11 Å². The van der Waals surface area contributed by atoms with E-state index in [4.69, 9.17) is 4.74 Å². The van der Waals surface area contributed by atoms with Crippen LogP contribution in [0.2, 0.25) is 0 Å². The molecule has 136 valence electrons. The Balaban J connectivity index is 0.00000288. The second-order valence-electron chi connectivity index (χ2n) is 5.94. The fourth-order valence-corrected chi connectivity index (χ4v) is 2.84. The van der Waals surface area contributed by atoms with Crippen LogP contribution in [0.3, 0.4) is 0 Å². The summed E-state index contributed by atoms with van der Waals surface area (Å²) in [6, 6.07) is 4.46. The summed E-state index contributed by atoms with van der Waals surface area (Å²) >= 11 is 0. The van der Waals surface area contributed by atoms with Crippen LogP contribution in [0.15, 0.2) is 24.3 Å². The minimum absolute atomic E-state index is 0. The third-order valence-corrected chi connectivity index (χ3v) is 4.19. The first kappa shape index (κ1) is 20.7. The zero-order valence-corrected chi connectivity index (χ0v) is 14.2. The molecule has 2 N–H and O–H groups in total. The molecule has 4 nitrogen and oxygen atoms in total. The van der Waals surface area contributed by atoms with Crippen LogP contribution in [-0.2, 0) is 10.9 Å². The molecule has 1 saturated heterocycles. The van der Waals surface area contributed by atoms with Crippen molar-refractivity contribution in [1.29, 1.82) is 0 Å². The molecule has 1 aliphatic rings. The van der Waals surface area contributed by atoms with Crippen LogP contribution in [0.5, 0.6) is 0 Å². The minimum Gasteiger partial charge on any atom is -0.384 e. The van der Waals surface area contributed by atoms with Gasteiger partial charge in [0.05, 0.1) is 12.2 Å². The second kappa shape index (κ2) is 8.69. The van der Waals surface area contributed by atoms with Crippen molar-refractivity contribution < 1.29 is 22.7 Å². The monoisotopic (exact) mass is 366 g/mol. The summed E-state index contributed by atoms with van der Waals surface area (Å²) in [4.78, 5) is 12.2. The number of piperidine rings is 1. The number of amides is 1. The van der Waals surface area contributed by atoms with Gasteiger partial charge in [0.1, 0.15) is 0 Å². The van der Waals surface area contributed by atoms with Crippen molar-refractivity contribution in [2.75, 3.05) is 33.4 Å². The molecule has 1 aromatic carbocycles. The summed E-state index contributed by atoms with van der Waals surface area (Å²) in [6.07, 6.45) is -2.75. The molecule has 1 aromatic rings. The molecule has 1 amide bonds. The molecule has 0 atom stereocenters. The van der Waals surface area contributed by atoms with Gasteiger partial charge in [-0.1, -0.05) is 6.07 Å². The number of benzene rings is 1. The lowest BCUT2D eigenvalue weighted by Gasteiger charge is -2.37. The lowest BCUT2D eigenvalue weighted by molar-refractivity contribution is -0.137. The number of nitrogens with one attached hydrogen (secondary N) is 2. The molecule has 0 unspecified atom stereocenters. The highest BCUT2D eigenvalue weighted by molar-refractivity contribution is 5.94. The van der Waals surface area contributed by atoms with E-state index in [2.05, 4.69) is 10.6 Å². The van der Waals surface area contributed by atoms with Gasteiger partial charge in [-0.05, 0) is 44.1 Å². The normalized spacial score (nSPS) is 17.0. The van der Waals surface area contributed by atoms with Crippen LogP contribution in [0.25, 0.3) is 0 Å². The van der Waals surface area contributed by atoms with E-state index in [9.17, 15) is 18.0 Å². The van der Waals surface area contributed by atoms with E-state index in [0.717, 1.165) is 38.1 Å². The largest absolute Gasteiger partial charge is 0.416 e. The Labute approximate surface area is 145 Å². The van der Waals surface area contributed by atoms with Crippen molar-refractivity contribution in [2.24, 2.45) is 5.41 Å². The highest BCUT2D eigenvalue weighted by atomic mass is 35.5. The highest BCUT2D eigenvalue weighted by Crippen LogP contribution is 2.30. The number of carbonyl (C=O) groups is 1. The molecule has 0 spiro atoms. The van der Waals surface area contributed by atoms with E-state index in [-0.39, 0.29) is 23.4 Å². The van der Waals surface area contributed by atoms with Gasteiger partial charge in [-0.2, -0.15) is 13.2 Å². The maximum absolute atomic E-state index is 12.7. The Morgan fingerprint density at radius 3 is 2.58 bits per heavy atom. The first-order valence-electron chi connectivity index (χ1n) is 7.51. The number of hydrogen-bond acceptors (Lipinski definition) is 3. The summed E-state index contributed by atoms with van der Waals surface area (Å²) in [5.41, 5.74) is -0.975. The predicted octanol–water partition coefficient (Wildman–Crippen LogP) is 2.87. The number of carbonyl (C=O) groups excluding carboxylic acids is 1. The summed E-state index contributed by atoms with van der Waals surface area (Å²) < 4.78 is 43.4. The van der Waals surface area contributed by atoms with Crippen molar-refractivity contribution in [2.45, 2.75) is 19.0 Å². The highest BCUT2D eigenvalue weighted by Gasteiger charge is 2.33. The molecule has 0 saturated carbocycles. The van der Waals surface area contributed by atoms with Gasteiger partial charge in [0.2, 0.25) is 0 Å². The van der Waals surface area contributed by atoms with Crippen LogP contribution in [0.1, 0.15) is 28.8 Å². The summed E-state index contributed by atoms with van der Waals surface area (Å²) in [5.74, 6) is -0.495. The van der Waals surface area contributed by atoms with Crippen LogP contribution in [0.4, 0.5) is 13.2 Å². The third-order valence-electron chi connectivity index (χ3n) is 4.19. The molecular weight excluding hydrogens is 345 g/mol. The quantitative estimate of drug-likeness (QED) is 0.842. The Morgan fingerprint density at radius 1 is 1.33 bits per heavy atom. The molecular formula is C16H22ClF3N2O2. The molecule has 1 heterocycles. The Morgan fingerprint density at radius 2 is 2.00 bits per heavy atom. The van der Waals surface area contributed by atoms with Crippen molar-refractivity contribution in [3.8, 4) is 0 Å². The zero-order valence-electron chi connectivity index (χ0n) is 13.4. The van der Waals surface area contributed by atoms with Crippen LogP contribution < -0.4 is 10.6 Å². The molecule has 8 heteroatoms.